The Kier molecular flexibility index (Phi) is 4.37. The van der Waals surface area contributed by atoms with Gasteiger partial charge in [0.1, 0.15) is 12.4 Å². The number of carbonyl (C=O) groups is 1. The number of benzene rings is 1. The average Bonchev–Trinajstić information content (AvgIpc) is 3.18. The van der Waals surface area contributed by atoms with Crippen molar-refractivity contribution in [2.24, 2.45) is 0 Å². The molecule has 1 N–H and O–H groups in total. The number of halogens is 2. The Morgan fingerprint density at radius 2 is 2.19 bits per heavy atom. The lowest BCUT2D eigenvalue weighted by molar-refractivity contribution is -0.117. The summed E-state index contributed by atoms with van der Waals surface area (Å²) in [7, 11) is 0. The Balaban J connectivity index is 1.58. The molecule has 0 aliphatic heterocycles. The van der Waals surface area contributed by atoms with Crippen LogP contribution in [0.1, 0.15) is 18.9 Å². The molecule has 3 aromatic rings. The molecule has 9 heteroatoms. The largest absolute Gasteiger partial charge is 0.346 e. The second-order valence-corrected chi connectivity index (χ2v) is 7.37. The molecule has 1 aromatic carbocycles. The Morgan fingerprint density at radius 1 is 1.38 bits per heavy atom. The van der Waals surface area contributed by atoms with Crippen molar-refractivity contribution in [2.45, 2.75) is 25.4 Å². The Hall–Kier alpha value is -2.45. The lowest BCUT2D eigenvalue weighted by atomic mass is 10.3. The van der Waals surface area contributed by atoms with Gasteiger partial charge in [-0.05, 0) is 42.5 Å². The maximum atomic E-state index is 13.2. The molecule has 2 aromatic heterocycles. The summed E-state index contributed by atoms with van der Waals surface area (Å²) < 4.78 is 16.0. The van der Waals surface area contributed by atoms with Crippen molar-refractivity contribution < 1.29 is 9.18 Å². The van der Waals surface area contributed by atoms with Gasteiger partial charge in [0.15, 0.2) is 5.82 Å². The average molecular weight is 393 g/mol. The predicted molar refractivity (Wildman–Crippen MR) is 98.1 cm³/mol. The maximum Gasteiger partial charge on any atom is 0.346 e. The lowest BCUT2D eigenvalue weighted by Gasteiger charge is -2.05. The molecule has 1 aliphatic rings. The van der Waals surface area contributed by atoms with Crippen LogP contribution in [0.15, 0.2) is 40.5 Å². The quantitative estimate of drug-likeness (QED) is 0.722. The summed E-state index contributed by atoms with van der Waals surface area (Å²) in [6, 6.07) is 7.83. The zero-order valence-corrected chi connectivity index (χ0v) is 15.1. The molecule has 1 saturated carbocycles. The van der Waals surface area contributed by atoms with Crippen LogP contribution in [-0.4, -0.2) is 20.3 Å². The molecular formula is C17H14ClFN4O2S. The van der Waals surface area contributed by atoms with E-state index >= 15 is 0 Å². The zero-order valence-electron chi connectivity index (χ0n) is 13.5. The van der Waals surface area contributed by atoms with Gasteiger partial charge in [-0.15, -0.1) is 16.4 Å². The van der Waals surface area contributed by atoms with E-state index in [-0.39, 0.29) is 23.3 Å². The molecule has 134 valence electrons. The number of hydrogen-bond donors (Lipinski definition) is 1. The lowest BCUT2D eigenvalue weighted by Crippen LogP contribution is -2.30. The maximum absolute atomic E-state index is 13.2. The van der Waals surface area contributed by atoms with Crippen LogP contribution in [0.3, 0.4) is 0 Å². The fourth-order valence-electron chi connectivity index (χ4n) is 2.67. The molecule has 0 radical (unpaired) electrons. The molecule has 26 heavy (non-hydrogen) atoms. The van der Waals surface area contributed by atoms with Gasteiger partial charge in [0.05, 0.1) is 9.90 Å². The molecule has 2 heterocycles. The number of nitrogens with one attached hydrogen (secondary N) is 1. The van der Waals surface area contributed by atoms with Gasteiger partial charge in [-0.3, -0.25) is 9.36 Å². The second kappa shape index (κ2) is 6.69. The van der Waals surface area contributed by atoms with Gasteiger partial charge >= 0.3 is 5.69 Å². The van der Waals surface area contributed by atoms with Crippen molar-refractivity contribution >= 4 is 34.5 Å². The summed E-state index contributed by atoms with van der Waals surface area (Å²) in [5, 5.41) is 8.79. The van der Waals surface area contributed by atoms with E-state index in [4.69, 9.17) is 11.6 Å². The van der Waals surface area contributed by atoms with Crippen LogP contribution >= 0.6 is 22.9 Å². The number of hydrogen-bond acceptors (Lipinski definition) is 4. The van der Waals surface area contributed by atoms with E-state index in [1.807, 2.05) is 17.5 Å². The summed E-state index contributed by atoms with van der Waals surface area (Å²) in [6.45, 7) is -0.230. The van der Waals surface area contributed by atoms with Crippen molar-refractivity contribution in [3.63, 3.8) is 0 Å². The smallest absolute Gasteiger partial charge is 0.324 e. The van der Waals surface area contributed by atoms with Gasteiger partial charge in [0.25, 0.3) is 0 Å². The van der Waals surface area contributed by atoms with Crippen molar-refractivity contribution in [3.8, 4) is 10.7 Å². The molecule has 0 spiro atoms. The molecular weight excluding hydrogens is 379 g/mol. The number of thiophene rings is 1. The fraction of sp³-hybridized carbons (Fsp3) is 0.235. The van der Waals surface area contributed by atoms with Crippen molar-refractivity contribution in [2.75, 3.05) is 5.32 Å². The van der Waals surface area contributed by atoms with Crippen LogP contribution in [-0.2, 0) is 11.3 Å². The van der Waals surface area contributed by atoms with Crippen LogP contribution < -0.4 is 11.0 Å². The van der Waals surface area contributed by atoms with Crippen LogP contribution in [0.4, 0.5) is 10.1 Å². The number of anilines is 1. The van der Waals surface area contributed by atoms with Crippen LogP contribution in [0.25, 0.3) is 10.7 Å². The molecule has 0 bridgehead atoms. The zero-order chi connectivity index (χ0) is 18.3. The standard InChI is InChI=1S/C17H14ClFN4O2S/c18-12-8-10(3-6-13(12)19)20-15(24)9-22-17(25)23(11-4-5-11)16(21-22)14-2-1-7-26-14/h1-3,6-8,11H,4-5,9H2,(H,20,24). The minimum Gasteiger partial charge on any atom is -0.324 e. The highest BCUT2D eigenvalue weighted by Crippen LogP contribution is 2.37. The first-order valence-electron chi connectivity index (χ1n) is 8.01. The molecule has 0 saturated heterocycles. The van der Waals surface area contributed by atoms with E-state index in [0.717, 1.165) is 22.4 Å². The first-order valence-corrected chi connectivity index (χ1v) is 9.27. The minimum absolute atomic E-state index is 0.0852. The summed E-state index contributed by atoms with van der Waals surface area (Å²) in [5.74, 6) is -0.414. The highest BCUT2D eigenvalue weighted by Gasteiger charge is 2.31. The number of nitrogens with zero attached hydrogens (tertiary/aromatic N) is 3. The van der Waals surface area contributed by atoms with Gasteiger partial charge in [-0.2, -0.15) is 0 Å². The third kappa shape index (κ3) is 3.30. The second-order valence-electron chi connectivity index (χ2n) is 6.02. The van der Waals surface area contributed by atoms with Gasteiger partial charge in [0.2, 0.25) is 5.91 Å². The highest BCUT2D eigenvalue weighted by atomic mass is 35.5. The fourth-order valence-corrected chi connectivity index (χ4v) is 3.56. The Bertz CT molecular complexity index is 1020. The van der Waals surface area contributed by atoms with Gasteiger partial charge in [-0.25, -0.2) is 13.9 Å². The first kappa shape index (κ1) is 17.0. The minimum atomic E-state index is -0.565. The molecule has 0 atom stereocenters. The predicted octanol–water partition coefficient (Wildman–Crippen LogP) is 3.54. The molecule has 0 unspecified atom stereocenters. The van der Waals surface area contributed by atoms with Crippen LogP contribution in [0, 0.1) is 5.82 Å². The van der Waals surface area contributed by atoms with Crippen molar-refractivity contribution in [1.29, 1.82) is 0 Å². The summed E-state index contributed by atoms with van der Waals surface area (Å²) in [5.41, 5.74) is 0.0535. The van der Waals surface area contributed by atoms with E-state index in [9.17, 15) is 14.0 Å². The van der Waals surface area contributed by atoms with E-state index < -0.39 is 11.7 Å². The van der Waals surface area contributed by atoms with E-state index in [2.05, 4.69) is 10.4 Å². The number of amides is 1. The van der Waals surface area contributed by atoms with Crippen molar-refractivity contribution in [1.82, 2.24) is 14.3 Å². The van der Waals surface area contributed by atoms with Gasteiger partial charge < -0.3 is 5.32 Å². The molecule has 1 aliphatic carbocycles. The Morgan fingerprint density at radius 3 is 2.85 bits per heavy atom. The van der Waals surface area contributed by atoms with E-state index in [1.54, 1.807) is 4.57 Å². The molecule has 6 nitrogen and oxygen atoms in total. The number of carbonyl (C=O) groups excluding carboxylic acids is 1. The van der Waals surface area contributed by atoms with Crippen LogP contribution in [0.2, 0.25) is 5.02 Å². The topological polar surface area (TPSA) is 68.9 Å². The van der Waals surface area contributed by atoms with Gasteiger partial charge in [-0.1, -0.05) is 17.7 Å². The summed E-state index contributed by atoms with van der Waals surface area (Å²) >= 11 is 7.21. The highest BCUT2D eigenvalue weighted by molar-refractivity contribution is 7.13. The summed E-state index contributed by atoms with van der Waals surface area (Å²) in [4.78, 5) is 25.8. The first-order chi connectivity index (χ1) is 12.5. The third-order valence-corrected chi connectivity index (χ3v) is 5.18. The van der Waals surface area contributed by atoms with E-state index in [1.165, 1.54) is 29.5 Å². The number of rotatable bonds is 5. The normalized spacial score (nSPS) is 13.8. The SMILES string of the molecule is O=C(Cn1nc(-c2cccs2)n(C2CC2)c1=O)Nc1ccc(F)c(Cl)c1. The molecule has 1 fully saturated rings. The van der Waals surface area contributed by atoms with Crippen LogP contribution in [0.5, 0.6) is 0 Å². The molecule has 1 amide bonds. The van der Waals surface area contributed by atoms with Crippen molar-refractivity contribution in [3.05, 3.63) is 57.0 Å². The third-order valence-electron chi connectivity index (χ3n) is 4.02. The monoisotopic (exact) mass is 392 g/mol. The number of aromatic nitrogens is 3. The molecule has 4 rings (SSSR count). The Labute approximate surface area is 156 Å². The van der Waals surface area contributed by atoms with E-state index in [0.29, 0.717) is 11.5 Å². The van der Waals surface area contributed by atoms with Gasteiger partial charge in [0, 0.05) is 11.7 Å². The summed E-state index contributed by atoms with van der Waals surface area (Å²) in [6.07, 6.45) is 1.87.